The second kappa shape index (κ2) is 5.75. The van der Waals surface area contributed by atoms with Crippen LogP contribution >= 0.6 is 0 Å². The quantitative estimate of drug-likeness (QED) is 0.792. The van der Waals surface area contributed by atoms with E-state index >= 15 is 0 Å². The standard InChI is InChI=1S/C18H16N2O/c1-13(20-18(21)15-8-5-11-19-12-15)16-10-4-7-14-6-2-3-9-17(14)16/h2-13H,1H3,(H,20,21)/t13-/m0/s1. The number of rotatable bonds is 3. The minimum Gasteiger partial charge on any atom is -0.345 e. The number of benzene rings is 2. The average molecular weight is 276 g/mol. The van der Waals surface area contributed by atoms with Crippen LogP contribution in [0.2, 0.25) is 0 Å². The van der Waals surface area contributed by atoms with E-state index in [2.05, 4.69) is 34.6 Å². The fourth-order valence-corrected chi connectivity index (χ4v) is 2.48. The third kappa shape index (κ3) is 2.77. The number of hydrogen-bond acceptors (Lipinski definition) is 2. The highest BCUT2D eigenvalue weighted by atomic mass is 16.1. The van der Waals surface area contributed by atoms with Crippen molar-refractivity contribution in [2.75, 3.05) is 0 Å². The normalized spacial score (nSPS) is 12.0. The van der Waals surface area contributed by atoms with Gasteiger partial charge in [0.05, 0.1) is 11.6 Å². The van der Waals surface area contributed by atoms with E-state index in [9.17, 15) is 4.79 Å². The van der Waals surface area contributed by atoms with Gasteiger partial charge in [-0.25, -0.2) is 0 Å². The highest BCUT2D eigenvalue weighted by Crippen LogP contribution is 2.24. The Morgan fingerprint density at radius 1 is 1.05 bits per heavy atom. The first kappa shape index (κ1) is 13.3. The Morgan fingerprint density at radius 3 is 2.67 bits per heavy atom. The molecule has 0 unspecified atom stereocenters. The van der Waals surface area contributed by atoms with E-state index in [4.69, 9.17) is 0 Å². The Hall–Kier alpha value is -2.68. The largest absolute Gasteiger partial charge is 0.345 e. The number of hydrogen-bond donors (Lipinski definition) is 1. The zero-order chi connectivity index (χ0) is 14.7. The zero-order valence-electron chi connectivity index (χ0n) is 11.8. The van der Waals surface area contributed by atoms with Crippen LogP contribution in [0.25, 0.3) is 10.8 Å². The van der Waals surface area contributed by atoms with Gasteiger partial charge in [0.25, 0.3) is 5.91 Å². The van der Waals surface area contributed by atoms with Crippen molar-refractivity contribution < 1.29 is 4.79 Å². The minimum atomic E-state index is -0.108. The molecule has 0 fully saturated rings. The van der Waals surface area contributed by atoms with Crippen LogP contribution in [0, 0.1) is 0 Å². The molecule has 0 aliphatic rings. The summed E-state index contributed by atoms with van der Waals surface area (Å²) in [5, 5.41) is 5.37. The fourth-order valence-electron chi connectivity index (χ4n) is 2.48. The van der Waals surface area contributed by atoms with Crippen molar-refractivity contribution in [3.63, 3.8) is 0 Å². The minimum absolute atomic E-state index is 0.0659. The number of carbonyl (C=O) groups excluding carboxylic acids is 1. The van der Waals surface area contributed by atoms with Crippen molar-refractivity contribution in [1.82, 2.24) is 10.3 Å². The lowest BCUT2D eigenvalue weighted by atomic mass is 9.99. The van der Waals surface area contributed by atoms with E-state index in [0.29, 0.717) is 5.56 Å². The van der Waals surface area contributed by atoms with Crippen molar-refractivity contribution in [3.8, 4) is 0 Å². The van der Waals surface area contributed by atoms with E-state index in [1.54, 1.807) is 24.5 Å². The first-order valence-corrected chi connectivity index (χ1v) is 6.94. The molecule has 21 heavy (non-hydrogen) atoms. The first-order valence-electron chi connectivity index (χ1n) is 6.94. The highest BCUT2D eigenvalue weighted by Gasteiger charge is 2.13. The molecule has 3 heteroatoms. The molecule has 1 atom stereocenters. The van der Waals surface area contributed by atoms with E-state index in [1.807, 2.05) is 25.1 Å². The maximum Gasteiger partial charge on any atom is 0.253 e. The fraction of sp³-hybridized carbons (Fsp3) is 0.111. The molecule has 0 aliphatic heterocycles. The zero-order valence-corrected chi connectivity index (χ0v) is 11.8. The molecule has 0 saturated heterocycles. The lowest BCUT2D eigenvalue weighted by Crippen LogP contribution is -2.26. The molecule has 0 radical (unpaired) electrons. The lowest BCUT2D eigenvalue weighted by Gasteiger charge is -2.16. The van der Waals surface area contributed by atoms with Crippen LogP contribution in [-0.2, 0) is 0 Å². The molecule has 3 aromatic rings. The number of aromatic nitrogens is 1. The van der Waals surface area contributed by atoms with Crippen LogP contribution in [0.5, 0.6) is 0 Å². The van der Waals surface area contributed by atoms with Crippen LogP contribution in [0.1, 0.15) is 28.9 Å². The molecule has 0 bridgehead atoms. The second-order valence-electron chi connectivity index (χ2n) is 5.01. The van der Waals surface area contributed by atoms with Gasteiger partial charge in [0, 0.05) is 12.4 Å². The first-order chi connectivity index (χ1) is 10.3. The van der Waals surface area contributed by atoms with Gasteiger partial charge >= 0.3 is 0 Å². The highest BCUT2D eigenvalue weighted by molar-refractivity contribution is 5.94. The maximum atomic E-state index is 12.2. The molecule has 0 aliphatic carbocycles. The Labute approximate surface area is 123 Å². The molecule has 1 N–H and O–H groups in total. The Bertz CT molecular complexity index is 763. The van der Waals surface area contributed by atoms with Gasteiger partial charge in [0.1, 0.15) is 0 Å². The molecular formula is C18H16N2O. The van der Waals surface area contributed by atoms with Gasteiger partial charge < -0.3 is 5.32 Å². The van der Waals surface area contributed by atoms with Gasteiger partial charge in [-0.3, -0.25) is 9.78 Å². The summed E-state index contributed by atoms with van der Waals surface area (Å²) in [5.74, 6) is -0.108. The summed E-state index contributed by atoms with van der Waals surface area (Å²) < 4.78 is 0. The molecule has 104 valence electrons. The van der Waals surface area contributed by atoms with Crippen molar-refractivity contribution in [3.05, 3.63) is 78.1 Å². The number of fused-ring (bicyclic) bond motifs is 1. The van der Waals surface area contributed by atoms with Crippen molar-refractivity contribution in [2.45, 2.75) is 13.0 Å². The van der Waals surface area contributed by atoms with E-state index in [1.165, 1.54) is 10.8 Å². The summed E-state index contributed by atoms with van der Waals surface area (Å²) in [7, 11) is 0. The number of amides is 1. The Kier molecular flexibility index (Phi) is 3.65. The summed E-state index contributed by atoms with van der Waals surface area (Å²) >= 11 is 0. The molecule has 1 amide bonds. The van der Waals surface area contributed by atoms with Crippen LogP contribution in [0.15, 0.2) is 67.0 Å². The number of nitrogens with one attached hydrogen (secondary N) is 1. The Balaban J connectivity index is 1.88. The molecule has 1 heterocycles. The number of nitrogens with zero attached hydrogens (tertiary/aromatic N) is 1. The van der Waals surface area contributed by atoms with Gasteiger partial charge in [-0.15, -0.1) is 0 Å². The van der Waals surface area contributed by atoms with E-state index < -0.39 is 0 Å². The smallest absolute Gasteiger partial charge is 0.253 e. The molecule has 3 nitrogen and oxygen atoms in total. The van der Waals surface area contributed by atoms with Crippen molar-refractivity contribution >= 4 is 16.7 Å². The van der Waals surface area contributed by atoms with Gasteiger partial charge in [-0.2, -0.15) is 0 Å². The summed E-state index contributed by atoms with van der Waals surface area (Å²) in [4.78, 5) is 16.2. The number of pyridine rings is 1. The molecule has 0 spiro atoms. The second-order valence-corrected chi connectivity index (χ2v) is 5.01. The molecular weight excluding hydrogens is 260 g/mol. The average Bonchev–Trinajstić information content (AvgIpc) is 2.55. The summed E-state index contributed by atoms with van der Waals surface area (Å²) in [6, 6.07) is 17.8. The van der Waals surface area contributed by atoms with Crippen molar-refractivity contribution in [1.29, 1.82) is 0 Å². The molecule has 3 rings (SSSR count). The van der Waals surface area contributed by atoms with Crippen molar-refractivity contribution in [2.24, 2.45) is 0 Å². The number of carbonyl (C=O) groups is 1. The third-order valence-electron chi connectivity index (χ3n) is 3.56. The maximum absolute atomic E-state index is 12.2. The summed E-state index contributed by atoms with van der Waals surface area (Å²) in [6.45, 7) is 2.00. The van der Waals surface area contributed by atoms with E-state index in [0.717, 1.165) is 5.56 Å². The van der Waals surface area contributed by atoms with Gasteiger partial charge in [-0.05, 0) is 35.4 Å². The lowest BCUT2D eigenvalue weighted by molar-refractivity contribution is 0.0940. The van der Waals surface area contributed by atoms with Gasteiger partial charge in [-0.1, -0.05) is 42.5 Å². The summed E-state index contributed by atoms with van der Waals surface area (Å²) in [6.07, 6.45) is 3.23. The van der Waals surface area contributed by atoms with Crippen LogP contribution in [0.4, 0.5) is 0 Å². The van der Waals surface area contributed by atoms with Crippen LogP contribution < -0.4 is 5.32 Å². The third-order valence-corrected chi connectivity index (χ3v) is 3.56. The summed E-state index contributed by atoms with van der Waals surface area (Å²) in [5.41, 5.74) is 1.69. The topological polar surface area (TPSA) is 42.0 Å². The molecule has 0 saturated carbocycles. The predicted molar refractivity (Wildman–Crippen MR) is 84.1 cm³/mol. The molecule has 1 aromatic heterocycles. The predicted octanol–water partition coefficient (Wildman–Crippen LogP) is 3.73. The SMILES string of the molecule is C[C@H](NC(=O)c1cccnc1)c1cccc2ccccc12. The van der Waals surface area contributed by atoms with Crippen LogP contribution in [0.3, 0.4) is 0 Å². The van der Waals surface area contributed by atoms with E-state index in [-0.39, 0.29) is 11.9 Å². The van der Waals surface area contributed by atoms with Crippen LogP contribution in [-0.4, -0.2) is 10.9 Å². The van der Waals surface area contributed by atoms with Gasteiger partial charge in [0.15, 0.2) is 0 Å². The Morgan fingerprint density at radius 2 is 1.86 bits per heavy atom. The van der Waals surface area contributed by atoms with Gasteiger partial charge in [0.2, 0.25) is 0 Å². The monoisotopic (exact) mass is 276 g/mol. The molecule has 2 aromatic carbocycles.